The average molecular weight is 350 g/mol. The van der Waals surface area contributed by atoms with Crippen LogP contribution in [0.4, 0.5) is 5.88 Å². The fourth-order valence-electron chi connectivity index (χ4n) is 2.48. The molecule has 0 saturated heterocycles. The maximum atomic E-state index is 12.6. The van der Waals surface area contributed by atoms with E-state index in [9.17, 15) is 15.0 Å². The zero-order chi connectivity index (χ0) is 18.6. The van der Waals surface area contributed by atoms with Gasteiger partial charge in [-0.25, -0.2) is 0 Å². The Kier molecular flexibility index (Phi) is 5.66. The Morgan fingerprint density at radius 2 is 1.96 bits per heavy atom. The number of amides is 1. The fourth-order valence-corrected chi connectivity index (χ4v) is 2.48. The topological polar surface area (TPSA) is 114 Å². The second-order valence-corrected chi connectivity index (χ2v) is 5.52. The van der Waals surface area contributed by atoms with E-state index in [0.29, 0.717) is 11.5 Å². The van der Waals surface area contributed by atoms with Gasteiger partial charge in [-0.05, 0) is 25.5 Å². The molecule has 136 valence electrons. The van der Waals surface area contributed by atoms with Gasteiger partial charge in [0, 0.05) is 6.07 Å². The highest BCUT2D eigenvalue weighted by molar-refractivity contribution is 6.07. The summed E-state index contributed by atoms with van der Waals surface area (Å²) in [6, 6.07) is 6.33. The van der Waals surface area contributed by atoms with Crippen molar-refractivity contribution in [2.45, 2.75) is 32.0 Å². The van der Waals surface area contributed by atoms with Crippen molar-refractivity contribution in [3.63, 3.8) is 0 Å². The van der Waals surface area contributed by atoms with E-state index >= 15 is 0 Å². The van der Waals surface area contributed by atoms with Crippen LogP contribution in [0, 0.1) is 0 Å². The summed E-state index contributed by atoms with van der Waals surface area (Å²) >= 11 is 0. The first kappa shape index (κ1) is 18.8. The monoisotopic (exact) mass is 350 g/mol. The van der Waals surface area contributed by atoms with Gasteiger partial charge in [0.25, 0.3) is 5.91 Å². The lowest BCUT2D eigenvalue weighted by Gasteiger charge is -2.26. The molecule has 2 atom stereocenters. The average Bonchev–Trinajstić information content (AvgIpc) is 3.08. The third-order valence-electron chi connectivity index (χ3n) is 4.08. The Morgan fingerprint density at radius 3 is 2.44 bits per heavy atom. The van der Waals surface area contributed by atoms with E-state index in [1.807, 2.05) is 0 Å². The Hall–Kier alpha value is -2.58. The van der Waals surface area contributed by atoms with Crippen molar-refractivity contribution >= 4 is 11.8 Å². The summed E-state index contributed by atoms with van der Waals surface area (Å²) in [5.41, 5.74) is -1.23. The van der Waals surface area contributed by atoms with Crippen molar-refractivity contribution in [1.82, 2.24) is 5.16 Å². The summed E-state index contributed by atoms with van der Waals surface area (Å²) in [5.74, 6) is 0.186. The number of rotatable bonds is 7. The molecule has 1 aromatic heterocycles. The maximum absolute atomic E-state index is 12.6. The second-order valence-electron chi connectivity index (χ2n) is 5.52. The molecular formula is C17H22N2O6. The van der Waals surface area contributed by atoms with Crippen LogP contribution in [0.1, 0.15) is 36.3 Å². The van der Waals surface area contributed by atoms with Crippen LogP contribution < -0.4 is 14.8 Å². The molecule has 0 aliphatic heterocycles. The number of hydrogen-bond acceptors (Lipinski definition) is 7. The second kappa shape index (κ2) is 7.54. The minimum Gasteiger partial charge on any atom is -0.496 e. The first-order chi connectivity index (χ1) is 11.9. The van der Waals surface area contributed by atoms with Gasteiger partial charge in [0.05, 0.1) is 20.3 Å². The van der Waals surface area contributed by atoms with Crippen molar-refractivity contribution in [3.8, 4) is 11.5 Å². The third-order valence-corrected chi connectivity index (χ3v) is 4.08. The molecule has 2 unspecified atom stereocenters. The van der Waals surface area contributed by atoms with Crippen LogP contribution in [-0.4, -0.2) is 41.6 Å². The highest BCUT2D eigenvalue weighted by Crippen LogP contribution is 2.31. The number of ether oxygens (including phenoxy) is 2. The lowest BCUT2D eigenvalue weighted by atomic mass is 9.91. The Balaban J connectivity index is 2.29. The van der Waals surface area contributed by atoms with Crippen LogP contribution in [0.3, 0.4) is 0 Å². The van der Waals surface area contributed by atoms with E-state index < -0.39 is 17.6 Å². The first-order valence-electron chi connectivity index (χ1n) is 7.77. The van der Waals surface area contributed by atoms with Crippen LogP contribution in [0.25, 0.3) is 0 Å². The van der Waals surface area contributed by atoms with Gasteiger partial charge in [-0.15, -0.1) is 0 Å². The molecule has 1 heterocycles. The minimum atomic E-state index is -1.56. The number of benzene rings is 1. The number of carbonyl (C=O) groups excluding carboxylic acids is 1. The van der Waals surface area contributed by atoms with Crippen molar-refractivity contribution in [3.05, 3.63) is 35.5 Å². The van der Waals surface area contributed by atoms with Crippen LogP contribution in [0.15, 0.2) is 28.8 Å². The molecule has 0 radical (unpaired) electrons. The molecule has 3 N–H and O–H groups in total. The van der Waals surface area contributed by atoms with E-state index in [4.69, 9.17) is 14.0 Å². The molecule has 1 aromatic carbocycles. The van der Waals surface area contributed by atoms with E-state index in [2.05, 4.69) is 10.5 Å². The lowest BCUT2D eigenvalue weighted by molar-refractivity contribution is -0.0786. The quantitative estimate of drug-likeness (QED) is 0.699. The highest BCUT2D eigenvalue weighted by atomic mass is 16.5. The maximum Gasteiger partial charge on any atom is 0.265 e. The van der Waals surface area contributed by atoms with Crippen LogP contribution in [0.5, 0.6) is 11.5 Å². The summed E-state index contributed by atoms with van der Waals surface area (Å²) in [5, 5.41) is 26.5. The number of aliphatic hydroxyl groups excluding tert-OH is 1. The van der Waals surface area contributed by atoms with Crippen molar-refractivity contribution in [2.75, 3.05) is 19.5 Å². The number of nitrogens with one attached hydrogen (secondary N) is 1. The predicted molar refractivity (Wildman–Crippen MR) is 89.9 cm³/mol. The molecule has 1 amide bonds. The van der Waals surface area contributed by atoms with Crippen LogP contribution in [-0.2, 0) is 5.60 Å². The van der Waals surface area contributed by atoms with Gasteiger partial charge in [0.1, 0.15) is 28.4 Å². The van der Waals surface area contributed by atoms with Crippen molar-refractivity contribution < 1.29 is 29.0 Å². The van der Waals surface area contributed by atoms with Gasteiger partial charge in [0.15, 0.2) is 0 Å². The summed E-state index contributed by atoms with van der Waals surface area (Å²) < 4.78 is 15.5. The number of aromatic nitrogens is 1. The Morgan fingerprint density at radius 1 is 1.36 bits per heavy atom. The SMILES string of the molecule is CCC(O)(c1cc(NC(=O)c2c(OC)cccc2OC)on1)C(C)O. The first-order valence-corrected chi connectivity index (χ1v) is 7.77. The molecule has 0 bridgehead atoms. The Bertz CT molecular complexity index is 720. The number of carbonyl (C=O) groups is 1. The zero-order valence-corrected chi connectivity index (χ0v) is 14.6. The molecule has 0 spiro atoms. The standard InChI is InChI=1S/C17H22N2O6/c1-5-17(22,10(2)20)13-9-14(25-19-13)18-16(21)15-11(23-3)7-6-8-12(15)24-4/h6-10,20,22H,5H2,1-4H3,(H,18,21). The van der Waals surface area contributed by atoms with E-state index in [1.165, 1.54) is 27.2 Å². The number of nitrogens with zero attached hydrogens (tertiary/aromatic N) is 1. The molecule has 8 nitrogen and oxygen atoms in total. The number of aliphatic hydroxyl groups is 2. The fraction of sp³-hybridized carbons (Fsp3) is 0.412. The Labute approximate surface area is 145 Å². The molecular weight excluding hydrogens is 328 g/mol. The van der Waals surface area contributed by atoms with E-state index in [0.717, 1.165) is 0 Å². The summed E-state index contributed by atoms with van der Waals surface area (Å²) in [4.78, 5) is 12.6. The predicted octanol–water partition coefficient (Wildman–Crippen LogP) is 1.92. The number of anilines is 1. The van der Waals surface area contributed by atoms with Gasteiger partial charge in [0.2, 0.25) is 5.88 Å². The lowest BCUT2D eigenvalue weighted by Crippen LogP contribution is -2.37. The zero-order valence-electron chi connectivity index (χ0n) is 14.6. The van der Waals surface area contributed by atoms with Crippen molar-refractivity contribution in [2.24, 2.45) is 0 Å². The van der Waals surface area contributed by atoms with Gasteiger partial charge in [-0.1, -0.05) is 18.1 Å². The van der Waals surface area contributed by atoms with Crippen molar-refractivity contribution in [1.29, 1.82) is 0 Å². The third kappa shape index (κ3) is 3.59. The molecule has 2 rings (SSSR count). The number of methoxy groups -OCH3 is 2. The smallest absolute Gasteiger partial charge is 0.265 e. The van der Waals surface area contributed by atoms with E-state index in [1.54, 1.807) is 25.1 Å². The summed E-state index contributed by atoms with van der Waals surface area (Å²) in [6.07, 6.45) is -0.828. The molecule has 2 aromatic rings. The van der Waals surface area contributed by atoms with Crippen LogP contribution >= 0.6 is 0 Å². The van der Waals surface area contributed by atoms with Gasteiger partial charge >= 0.3 is 0 Å². The largest absolute Gasteiger partial charge is 0.496 e. The van der Waals surface area contributed by atoms with Gasteiger partial charge in [-0.3, -0.25) is 10.1 Å². The molecule has 0 fully saturated rings. The highest BCUT2D eigenvalue weighted by Gasteiger charge is 2.36. The van der Waals surface area contributed by atoms with E-state index in [-0.39, 0.29) is 23.6 Å². The molecule has 25 heavy (non-hydrogen) atoms. The number of hydrogen-bond donors (Lipinski definition) is 3. The molecule has 0 saturated carbocycles. The molecule has 0 aliphatic rings. The molecule has 0 aliphatic carbocycles. The summed E-state index contributed by atoms with van der Waals surface area (Å²) in [6.45, 7) is 3.16. The summed E-state index contributed by atoms with van der Waals surface area (Å²) in [7, 11) is 2.89. The molecule has 8 heteroatoms. The van der Waals surface area contributed by atoms with Crippen LogP contribution in [0.2, 0.25) is 0 Å². The van der Waals surface area contributed by atoms with Gasteiger partial charge < -0.3 is 24.2 Å². The van der Waals surface area contributed by atoms with Gasteiger partial charge in [-0.2, -0.15) is 0 Å². The minimum absolute atomic E-state index is 0.0282. The normalized spacial score (nSPS) is 14.5.